The zero-order valence-electron chi connectivity index (χ0n) is 16.1. The van der Waals surface area contributed by atoms with Crippen LogP contribution in [0.25, 0.3) is 5.65 Å². The van der Waals surface area contributed by atoms with Gasteiger partial charge in [0.2, 0.25) is 0 Å². The van der Waals surface area contributed by atoms with Crippen molar-refractivity contribution in [3.8, 4) is 5.75 Å². The van der Waals surface area contributed by atoms with Gasteiger partial charge < -0.3 is 19.8 Å². The highest BCUT2D eigenvalue weighted by atomic mass is 16.5. The summed E-state index contributed by atoms with van der Waals surface area (Å²) in [6.45, 7) is 5.93. The number of ether oxygens (including phenoxy) is 1. The van der Waals surface area contributed by atoms with E-state index in [1.54, 1.807) is 6.07 Å². The predicted octanol–water partition coefficient (Wildman–Crippen LogP) is 2.63. The molecule has 8 heteroatoms. The van der Waals surface area contributed by atoms with Crippen LogP contribution in [0.2, 0.25) is 0 Å². The van der Waals surface area contributed by atoms with Crippen molar-refractivity contribution in [2.45, 2.75) is 38.7 Å². The van der Waals surface area contributed by atoms with Crippen LogP contribution in [0.1, 0.15) is 48.8 Å². The minimum atomic E-state index is -0.311. The standard InChI is InChI=1S/C20H24N6O2/c1-13(2)28-18-9-19-24-16(14-3-6-21-7-4-14)10-26(19)11-17(18)25-20(27)15-5-8-22-12-23-15/h5,8-14,21H,3-4,6-7H2,1-2H3,(H,25,27). The van der Waals surface area contributed by atoms with Gasteiger partial charge in [-0.05, 0) is 45.8 Å². The van der Waals surface area contributed by atoms with Crippen molar-refractivity contribution < 1.29 is 9.53 Å². The van der Waals surface area contributed by atoms with Gasteiger partial charge in [-0.2, -0.15) is 0 Å². The van der Waals surface area contributed by atoms with Crippen LogP contribution >= 0.6 is 0 Å². The average Bonchev–Trinajstić information content (AvgIpc) is 3.12. The number of hydrogen-bond donors (Lipinski definition) is 2. The summed E-state index contributed by atoms with van der Waals surface area (Å²) in [4.78, 5) is 25.2. The Balaban J connectivity index is 1.67. The maximum absolute atomic E-state index is 12.6. The van der Waals surface area contributed by atoms with Crippen LogP contribution in [-0.4, -0.2) is 44.5 Å². The molecule has 1 fully saturated rings. The molecule has 1 aliphatic heterocycles. The number of nitrogens with one attached hydrogen (secondary N) is 2. The van der Waals surface area contributed by atoms with Crippen molar-refractivity contribution in [1.82, 2.24) is 24.7 Å². The molecule has 146 valence electrons. The predicted molar refractivity (Wildman–Crippen MR) is 106 cm³/mol. The minimum Gasteiger partial charge on any atom is -0.489 e. The first-order valence-corrected chi connectivity index (χ1v) is 9.57. The number of nitrogens with zero attached hydrogens (tertiary/aromatic N) is 4. The van der Waals surface area contributed by atoms with E-state index in [0.717, 1.165) is 37.3 Å². The fourth-order valence-electron chi connectivity index (χ4n) is 3.41. The zero-order chi connectivity index (χ0) is 19.5. The lowest BCUT2D eigenvalue weighted by molar-refractivity contribution is 0.102. The number of pyridine rings is 1. The number of amides is 1. The first kappa shape index (κ1) is 18.4. The number of carbonyl (C=O) groups is 1. The molecular weight excluding hydrogens is 356 g/mol. The summed E-state index contributed by atoms with van der Waals surface area (Å²) >= 11 is 0. The largest absolute Gasteiger partial charge is 0.489 e. The number of imidazole rings is 1. The molecule has 0 aromatic carbocycles. The third kappa shape index (κ3) is 3.96. The molecule has 4 heterocycles. The summed E-state index contributed by atoms with van der Waals surface area (Å²) < 4.78 is 7.88. The number of hydrogen-bond acceptors (Lipinski definition) is 6. The third-order valence-electron chi connectivity index (χ3n) is 4.76. The van der Waals surface area contributed by atoms with Crippen molar-refractivity contribution >= 4 is 17.2 Å². The van der Waals surface area contributed by atoms with Gasteiger partial charge in [-0.15, -0.1) is 0 Å². The molecule has 0 saturated carbocycles. The summed E-state index contributed by atoms with van der Waals surface area (Å²) in [6, 6.07) is 3.45. The molecule has 3 aromatic heterocycles. The van der Waals surface area contributed by atoms with E-state index in [4.69, 9.17) is 9.72 Å². The quantitative estimate of drug-likeness (QED) is 0.707. The molecule has 0 atom stereocenters. The van der Waals surface area contributed by atoms with E-state index in [9.17, 15) is 4.79 Å². The summed E-state index contributed by atoms with van der Waals surface area (Å²) in [5.41, 5.74) is 2.77. The van der Waals surface area contributed by atoms with Crippen LogP contribution < -0.4 is 15.4 Å². The summed E-state index contributed by atoms with van der Waals surface area (Å²) in [5, 5.41) is 6.28. The third-order valence-corrected chi connectivity index (χ3v) is 4.76. The molecule has 1 saturated heterocycles. The number of anilines is 1. The highest BCUT2D eigenvalue weighted by Gasteiger charge is 2.20. The highest BCUT2D eigenvalue weighted by Crippen LogP contribution is 2.30. The molecule has 4 rings (SSSR count). The van der Waals surface area contributed by atoms with E-state index in [2.05, 4.69) is 20.6 Å². The van der Waals surface area contributed by atoms with E-state index in [0.29, 0.717) is 23.0 Å². The second-order valence-corrected chi connectivity index (χ2v) is 7.22. The van der Waals surface area contributed by atoms with Crippen molar-refractivity contribution in [1.29, 1.82) is 0 Å². The van der Waals surface area contributed by atoms with E-state index < -0.39 is 0 Å². The van der Waals surface area contributed by atoms with Crippen LogP contribution in [0.3, 0.4) is 0 Å². The second-order valence-electron chi connectivity index (χ2n) is 7.22. The van der Waals surface area contributed by atoms with Crippen molar-refractivity contribution in [2.24, 2.45) is 0 Å². The van der Waals surface area contributed by atoms with Gasteiger partial charge >= 0.3 is 0 Å². The van der Waals surface area contributed by atoms with Crippen LogP contribution in [0.5, 0.6) is 5.75 Å². The normalized spacial score (nSPS) is 15.1. The second kappa shape index (κ2) is 7.93. The molecule has 0 unspecified atom stereocenters. The Hall–Kier alpha value is -3.00. The number of piperidine rings is 1. The Bertz CT molecular complexity index is 963. The molecule has 3 aromatic rings. The number of fused-ring (bicyclic) bond motifs is 1. The molecule has 1 aliphatic rings. The van der Waals surface area contributed by atoms with Gasteiger partial charge in [0, 0.05) is 30.6 Å². The zero-order valence-corrected chi connectivity index (χ0v) is 16.1. The number of aromatic nitrogens is 4. The average molecular weight is 380 g/mol. The number of carbonyl (C=O) groups excluding carboxylic acids is 1. The molecule has 0 spiro atoms. The fraction of sp³-hybridized carbons (Fsp3) is 0.400. The Kier molecular flexibility index (Phi) is 5.21. The maximum Gasteiger partial charge on any atom is 0.274 e. The summed E-state index contributed by atoms with van der Waals surface area (Å²) in [6.07, 6.45) is 8.92. The fourth-order valence-corrected chi connectivity index (χ4v) is 3.41. The monoisotopic (exact) mass is 380 g/mol. The Morgan fingerprint density at radius 3 is 2.86 bits per heavy atom. The SMILES string of the molecule is CC(C)Oc1cc2nc(C3CCNCC3)cn2cc1NC(=O)c1ccncn1. The van der Waals surface area contributed by atoms with E-state index in [1.807, 2.05) is 36.7 Å². The topological polar surface area (TPSA) is 93.4 Å². The lowest BCUT2D eigenvalue weighted by atomic mass is 9.95. The molecule has 2 N–H and O–H groups in total. The molecule has 28 heavy (non-hydrogen) atoms. The van der Waals surface area contributed by atoms with Crippen LogP contribution in [0, 0.1) is 0 Å². The molecular formula is C20H24N6O2. The van der Waals surface area contributed by atoms with Crippen LogP contribution in [0.4, 0.5) is 5.69 Å². The van der Waals surface area contributed by atoms with Gasteiger partial charge in [-0.25, -0.2) is 15.0 Å². The van der Waals surface area contributed by atoms with E-state index in [-0.39, 0.29) is 12.0 Å². The van der Waals surface area contributed by atoms with E-state index in [1.165, 1.54) is 12.5 Å². The summed E-state index contributed by atoms with van der Waals surface area (Å²) in [5.74, 6) is 0.732. The molecule has 0 bridgehead atoms. The Labute approximate surface area is 163 Å². The lowest BCUT2D eigenvalue weighted by Gasteiger charge is -2.20. The summed E-state index contributed by atoms with van der Waals surface area (Å²) in [7, 11) is 0. The van der Waals surface area contributed by atoms with Gasteiger partial charge in [0.05, 0.1) is 11.8 Å². The van der Waals surface area contributed by atoms with Crippen molar-refractivity contribution in [2.75, 3.05) is 18.4 Å². The molecule has 1 amide bonds. The minimum absolute atomic E-state index is 0.0315. The first-order valence-electron chi connectivity index (χ1n) is 9.57. The highest BCUT2D eigenvalue weighted by molar-refractivity contribution is 6.03. The molecule has 8 nitrogen and oxygen atoms in total. The van der Waals surface area contributed by atoms with E-state index >= 15 is 0 Å². The molecule has 0 aliphatic carbocycles. The smallest absolute Gasteiger partial charge is 0.274 e. The maximum atomic E-state index is 12.6. The van der Waals surface area contributed by atoms with Crippen LogP contribution in [0.15, 0.2) is 37.1 Å². The van der Waals surface area contributed by atoms with Gasteiger partial charge in [-0.3, -0.25) is 4.79 Å². The first-order chi connectivity index (χ1) is 13.6. The Morgan fingerprint density at radius 1 is 1.32 bits per heavy atom. The van der Waals surface area contributed by atoms with Gasteiger partial charge in [-0.1, -0.05) is 0 Å². The lowest BCUT2D eigenvalue weighted by Crippen LogP contribution is -2.26. The van der Waals surface area contributed by atoms with Gasteiger partial charge in [0.1, 0.15) is 29.1 Å². The molecule has 0 radical (unpaired) electrons. The van der Waals surface area contributed by atoms with Crippen LogP contribution in [-0.2, 0) is 0 Å². The Morgan fingerprint density at radius 2 is 2.14 bits per heavy atom. The van der Waals surface area contributed by atoms with Gasteiger partial charge in [0.25, 0.3) is 5.91 Å². The van der Waals surface area contributed by atoms with Crippen molar-refractivity contribution in [3.63, 3.8) is 0 Å². The number of rotatable bonds is 5. The van der Waals surface area contributed by atoms with Crippen molar-refractivity contribution in [3.05, 3.63) is 48.4 Å². The van der Waals surface area contributed by atoms with Gasteiger partial charge in [0.15, 0.2) is 0 Å².